The molecule has 4 nitrogen and oxygen atoms in total. The maximum atomic E-state index is 10.3. The van der Waals surface area contributed by atoms with E-state index in [0.29, 0.717) is 6.61 Å². The standard InChI is InChI=1S/C22H52O4Si3/c1-20(2,3)27(10,11)24-17-19(26-29(14,15)22(7,8)9)18(16-23)25-28(12,13)21(4,5)6/h18-19,23H,16-17H2,1-15H3/t18-,19-/m0/s1. The van der Waals surface area contributed by atoms with E-state index in [2.05, 4.69) is 102 Å². The lowest BCUT2D eigenvalue weighted by Gasteiger charge is -2.46. The molecule has 0 aromatic heterocycles. The molecule has 1 N–H and O–H groups in total. The molecule has 0 aromatic rings. The summed E-state index contributed by atoms with van der Waals surface area (Å²) in [5.41, 5.74) is 0. The van der Waals surface area contributed by atoms with Crippen molar-refractivity contribution in [1.82, 2.24) is 0 Å². The Morgan fingerprint density at radius 2 is 0.897 bits per heavy atom. The van der Waals surface area contributed by atoms with Crippen LogP contribution in [0.25, 0.3) is 0 Å². The smallest absolute Gasteiger partial charge is 0.192 e. The fourth-order valence-corrected chi connectivity index (χ4v) is 5.75. The molecule has 0 fully saturated rings. The van der Waals surface area contributed by atoms with Crippen molar-refractivity contribution in [1.29, 1.82) is 0 Å². The second-order valence-electron chi connectivity index (χ2n) is 13.1. The maximum absolute atomic E-state index is 10.3. The van der Waals surface area contributed by atoms with Crippen molar-refractivity contribution in [2.75, 3.05) is 13.2 Å². The van der Waals surface area contributed by atoms with Crippen molar-refractivity contribution >= 4 is 25.0 Å². The molecule has 0 heterocycles. The zero-order chi connectivity index (χ0) is 23.7. The molecule has 0 amide bonds. The summed E-state index contributed by atoms with van der Waals surface area (Å²) in [4.78, 5) is 0. The molecule has 7 heteroatoms. The second-order valence-corrected chi connectivity index (χ2v) is 27.4. The summed E-state index contributed by atoms with van der Waals surface area (Å²) in [7, 11) is -6.04. The number of hydrogen-bond acceptors (Lipinski definition) is 4. The molecule has 0 rings (SSSR count). The fraction of sp³-hybridized carbons (Fsp3) is 1.00. The molecule has 0 spiro atoms. The van der Waals surface area contributed by atoms with E-state index >= 15 is 0 Å². The third kappa shape index (κ3) is 8.16. The Morgan fingerprint density at radius 3 is 1.17 bits per heavy atom. The molecule has 0 aromatic carbocycles. The number of aliphatic hydroxyl groups is 1. The first-order valence-corrected chi connectivity index (χ1v) is 19.8. The van der Waals surface area contributed by atoms with Crippen LogP contribution in [0.1, 0.15) is 62.3 Å². The second kappa shape index (κ2) is 9.55. The molecular weight excluding hydrogens is 412 g/mol. The molecular formula is C22H52O4Si3. The van der Waals surface area contributed by atoms with Gasteiger partial charge in [0.25, 0.3) is 0 Å². The van der Waals surface area contributed by atoms with Gasteiger partial charge in [-0.3, -0.25) is 0 Å². The van der Waals surface area contributed by atoms with Crippen LogP contribution in [0.5, 0.6) is 0 Å². The lowest BCUT2D eigenvalue weighted by Crippen LogP contribution is -2.55. The van der Waals surface area contributed by atoms with E-state index in [-0.39, 0.29) is 33.9 Å². The first kappa shape index (κ1) is 29.5. The summed E-state index contributed by atoms with van der Waals surface area (Å²) in [6.45, 7) is 34.1. The minimum absolute atomic E-state index is 0.0489. The zero-order valence-electron chi connectivity index (χ0n) is 22.2. The molecule has 0 aliphatic heterocycles. The van der Waals surface area contributed by atoms with Crippen LogP contribution >= 0.6 is 0 Å². The average molecular weight is 465 g/mol. The molecule has 0 unspecified atom stereocenters. The monoisotopic (exact) mass is 464 g/mol. The average Bonchev–Trinajstić information content (AvgIpc) is 2.45. The van der Waals surface area contributed by atoms with E-state index in [1.54, 1.807) is 0 Å². The van der Waals surface area contributed by atoms with Crippen LogP contribution in [-0.4, -0.2) is 55.5 Å². The van der Waals surface area contributed by atoms with Gasteiger partial charge in [-0.25, -0.2) is 0 Å². The molecule has 0 radical (unpaired) electrons. The van der Waals surface area contributed by atoms with Crippen molar-refractivity contribution in [2.24, 2.45) is 0 Å². The molecule has 29 heavy (non-hydrogen) atoms. The van der Waals surface area contributed by atoms with Gasteiger partial charge in [-0.1, -0.05) is 62.3 Å². The molecule has 0 bridgehead atoms. The normalized spacial score (nSPS) is 17.4. The first-order chi connectivity index (χ1) is 12.5. The highest BCUT2D eigenvalue weighted by Gasteiger charge is 2.46. The summed E-state index contributed by atoms with van der Waals surface area (Å²) in [6.07, 6.45) is -0.626. The van der Waals surface area contributed by atoms with Gasteiger partial charge >= 0.3 is 0 Å². The van der Waals surface area contributed by atoms with Gasteiger partial charge in [0.1, 0.15) is 0 Å². The molecule has 0 saturated carbocycles. The van der Waals surface area contributed by atoms with E-state index in [0.717, 1.165) is 0 Å². The highest BCUT2D eigenvalue weighted by Crippen LogP contribution is 2.41. The molecule has 0 saturated heterocycles. The predicted octanol–water partition coefficient (Wildman–Crippen LogP) is 6.78. The van der Waals surface area contributed by atoms with Crippen LogP contribution in [0.2, 0.25) is 54.4 Å². The lowest BCUT2D eigenvalue weighted by atomic mass is 10.2. The third-order valence-electron chi connectivity index (χ3n) is 7.51. The van der Waals surface area contributed by atoms with Crippen LogP contribution in [0, 0.1) is 0 Å². The van der Waals surface area contributed by atoms with E-state index in [9.17, 15) is 5.11 Å². The summed E-state index contributed by atoms with van der Waals surface area (Å²) in [5.74, 6) is 0. The van der Waals surface area contributed by atoms with Crippen molar-refractivity contribution in [2.45, 2.75) is 129 Å². The van der Waals surface area contributed by atoms with E-state index < -0.39 is 25.0 Å². The van der Waals surface area contributed by atoms with Crippen molar-refractivity contribution in [3.05, 3.63) is 0 Å². The summed E-state index contributed by atoms with van der Waals surface area (Å²) < 4.78 is 20.0. The predicted molar refractivity (Wildman–Crippen MR) is 134 cm³/mol. The van der Waals surface area contributed by atoms with Gasteiger partial charge in [-0.2, -0.15) is 0 Å². The highest BCUT2D eigenvalue weighted by molar-refractivity contribution is 6.75. The van der Waals surface area contributed by atoms with Gasteiger partial charge in [0.2, 0.25) is 0 Å². The number of aliphatic hydroxyl groups excluding tert-OH is 1. The van der Waals surface area contributed by atoms with E-state index in [1.165, 1.54) is 0 Å². The van der Waals surface area contributed by atoms with Crippen LogP contribution in [0.3, 0.4) is 0 Å². The van der Waals surface area contributed by atoms with Gasteiger partial charge in [0.15, 0.2) is 25.0 Å². The van der Waals surface area contributed by atoms with Crippen LogP contribution in [0.15, 0.2) is 0 Å². The Morgan fingerprint density at radius 1 is 0.586 bits per heavy atom. The Hall–Kier alpha value is 0.491. The molecule has 2 atom stereocenters. The van der Waals surface area contributed by atoms with Crippen molar-refractivity contribution in [3.8, 4) is 0 Å². The minimum atomic E-state index is -2.05. The van der Waals surface area contributed by atoms with Crippen molar-refractivity contribution < 1.29 is 18.4 Å². The van der Waals surface area contributed by atoms with Gasteiger partial charge in [-0.15, -0.1) is 0 Å². The molecule has 0 aliphatic carbocycles. The topological polar surface area (TPSA) is 47.9 Å². The Kier molecular flexibility index (Phi) is 9.71. The number of rotatable bonds is 9. The van der Waals surface area contributed by atoms with Gasteiger partial charge in [-0.05, 0) is 54.4 Å². The maximum Gasteiger partial charge on any atom is 0.192 e. The van der Waals surface area contributed by atoms with E-state index in [1.807, 2.05) is 0 Å². The van der Waals surface area contributed by atoms with E-state index in [4.69, 9.17) is 13.3 Å². The fourth-order valence-electron chi connectivity index (χ4n) is 2.07. The first-order valence-electron chi connectivity index (χ1n) is 11.1. The zero-order valence-corrected chi connectivity index (χ0v) is 25.2. The third-order valence-corrected chi connectivity index (χ3v) is 21.0. The number of hydrogen-bond donors (Lipinski definition) is 1. The summed E-state index contributed by atoms with van der Waals surface area (Å²) in [6, 6.07) is 0. The molecule has 0 aliphatic rings. The highest BCUT2D eigenvalue weighted by atomic mass is 28.4. The largest absolute Gasteiger partial charge is 0.414 e. The van der Waals surface area contributed by atoms with Crippen molar-refractivity contribution in [3.63, 3.8) is 0 Å². The minimum Gasteiger partial charge on any atom is -0.414 e. The Balaban J connectivity index is 5.83. The Labute approximate surface area is 185 Å². The van der Waals surface area contributed by atoms with Gasteiger partial charge < -0.3 is 18.4 Å². The van der Waals surface area contributed by atoms with Crippen LogP contribution in [-0.2, 0) is 13.3 Å². The Bertz CT molecular complexity index is 512. The lowest BCUT2D eigenvalue weighted by molar-refractivity contribution is -0.0223. The quantitative estimate of drug-likeness (QED) is 0.382. The molecule has 176 valence electrons. The van der Waals surface area contributed by atoms with Crippen LogP contribution < -0.4 is 0 Å². The summed E-state index contributed by atoms with van der Waals surface area (Å²) in [5, 5.41) is 10.6. The SMILES string of the molecule is CC(C)(C)[Si](C)(C)OC[C@H](O[Si](C)(C)C(C)(C)C)[C@H](CO)O[Si](C)(C)C(C)(C)C. The summed E-state index contributed by atoms with van der Waals surface area (Å²) >= 11 is 0. The van der Waals surface area contributed by atoms with Gasteiger partial charge in [0, 0.05) is 0 Å². The van der Waals surface area contributed by atoms with Gasteiger partial charge in [0.05, 0.1) is 25.4 Å². The van der Waals surface area contributed by atoms with Crippen LogP contribution in [0.4, 0.5) is 0 Å².